The fourth-order valence-corrected chi connectivity index (χ4v) is 3.50. The normalized spacial score (nSPS) is 11.7. The molecule has 0 N–H and O–H groups in total. The van der Waals surface area contributed by atoms with Crippen LogP contribution in [0.2, 0.25) is 0 Å². The van der Waals surface area contributed by atoms with Gasteiger partial charge in [0.15, 0.2) is 0 Å². The quantitative estimate of drug-likeness (QED) is 0.789. The van der Waals surface area contributed by atoms with Crippen LogP contribution in [-0.4, -0.2) is 23.2 Å². The summed E-state index contributed by atoms with van der Waals surface area (Å²) in [5.41, 5.74) is 4.26. The molecule has 1 unspecified atom stereocenters. The third-order valence-corrected chi connectivity index (χ3v) is 5.26. The number of amides is 1. The van der Waals surface area contributed by atoms with Gasteiger partial charge in [-0.3, -0.25) is 4.79 Å². The Kier molecular flexibility index (Phi) is 5.63. The largest absolute Gasteiger partial charge is 0.315 e. The van der Waals surface area contributed by atoms with Crippen LogP contribution in [0.5, 0.6) is 0 Å². The first kappa shape index (κ1) is 18.0. The van der Waals surface area contributed by atoms with Crippen LogP contribution < -0.4 is 4.90 Å². The van der Waals surface area contributed by atoms with Crippen molar-refractivity contribution in [2.24, 2.45) is 0 Å². The number of thioether (sulfide) groups is 1. The topological polar surface area (TPSA) is 57.0 Å². The lowest BCUT2D eigenvalue weighted by Crippen LogP contribution is -2.33. The number of benzene rings is 1. The van der Waals surface area contributed by atoms with Crippen LogP contribution in [0.4, 0.5) is 5.69 Å². The molecule has 1 amide bonds. The average Bonchev–Trinajstić information content (AvgIpc) is 2.59. The second-order valence-electron chi connectivity index (χ2n) is 5.73. The lowest BCUT2D eigenvalue weighted by atomic mass is 10.1. The molecule has 0 bridgehead atoms. The van der Waals surface area contributed by atoms with Crippen LogP contribution in [0.3, 0.4) is 0 Å². The minimum atomic E-state index is -0.337. The number of pyridine rings is 1. The molecule has 24 heavy (non-hydrogen) atoms. The molecule has 0 radical (unpaired) electrons. The molecule has 0 aliphatic heterocycles. The summed E-state index contributed by atoms with van der Waals surface area (Å²) in [5, 5.41) is 9.74. The Labute approximate surface area is 147 Å². The number of hydrogen-bond donors (Lipinski definition) is 0. The number of hydrogen-bond acceptors (Lipinski definition) is 4. The Bertz CT molecular complexity index is 796. The van der Waals surface area contributed by atoms with Crippen LogP contribution in [-0.2, 0) is 4.79 Å². The number of aryl methyl sites for hydroxylation is 1. The number of nitrogens with zero attached hydrogens (tertiary/aromatic N) is 3. The lowest BCUT2D eigenvalue weighted by Gasteiger charge is -2.21. The van der Waals surface area contributed by atoms with Gasteiger partial charge in [0.05, 0.1) is 10.8 Å². The Morgan fingerprint density at radius 2 is 1.83 bits per heavy atom. The van der Waals surface area contributed by atoms with Crippen LogP contribution in [0, 0.1) is 32.1 Å². The van der Waals surface area contributed by atoms with Gasteiger partial charge in [0.1, 0.15) is 11.1 Å². The number of para-hydroxylation sites is 1. The molecule has 0 saturated heterocycles. The van der Waals surface area contributed by atoms with E-state index in [1.165, 1.54) is 11.8 Å². The zero-order valence-electron chi connectivity index (χ0n) is 14.6. The third kappa shape index (κ3) is 3.60. The molecule has 124 valence electrons. The van der Waals surface area contributed by atoms with Crippen LogP contribution in [0.15, 0.2) is 35.4 Å². The van der Waals surface area contributed by atoms with Gasteiger partial charge in [0, 0.05) is 18.4 Å². The van der Waals surface area contributed by atoms with E-state index in [1.54, 1.807) is 11.9 Å². The van der Waals surface area contributed by atoms with Crippen molar-refractivity contribution >= 4 is 23.4 Å². The van der Waals surface area contributed by atoms with Crippen molar-refractivity contribution in [2.75, 3.05) is 11.9 Å². The van der Waals surface area contributed by atoms with Gasteiger partial charge in [-0.25, -0.2) is 4.98 Å². The summed E-state index contributed by atoms with van der Waals surface area (Å²) in [6.45, 7) is 7.66. The molecule has 1 aromatic carbocycles. The smallest absolute Gasteiger partial charge is 0.239 e. The van der Waals surface area contributed by atoms with Gasteiger partial charge in [-0.15, -0.1) is 0 Å². The minimum Gasteiger partial charge on any atom is -0.315 e. The van der Waals surface area contributed by atoms with Crippen molar-refractivity contribution < 1.29 is 4.79 Å². The van der Waals surface area contributed by atoms with E-state index < -0.39 is 0 Å². The summed E-state index contributed by atoms with van der Waals surface area (Å²) in [5.74, 6) is -0.0206. The van der Waals surface area contributed by atoms with Crippen LogP contribution in [0.25, 0.3) is 0 Å². The van der Waals surface area contributed by atoms with Gasteiger partial charge >= 0.3 is 0 Å². The average molecular weight is 339 g/mol. The molecule has 1 atom stereocenters. The Balaban J connectivity index is 2.25. The lowest BCUT2D eigenvalue weighted by molar-refractivity contribution is -0.117. The summed E-state index contributed by atoms with van der Waals surface area (Å²) >= 11 is 1.34. The van der Waals surface area contributed by atoms with Gasteiger partial charge in [-0.1, -0.05) is 30.0 Å². The van der Waals surface area contributed by atoms with E-state index >= 15 is 0 Å². The Hall–Kier alpha value is -2.32. The Morgan fingerprint density at radius 3 is 2.42 bits per heavy atom. The molecule has 1 heterocycles. The van der Waals surface area contributed by atoms with Crippen molar-refractivity contribution in [3.05, 3.63) is 52.7 Å². The molecule has 2 rings (SSSR count). The first-order chi connectivity index (χ1) is 11.4. The molecule has 0 aliphatic rings. The first-order valence-corrected chi connectivity index (χ1v) is 8.62. The second kappa shape index (κ2) is 7.50. The molecule has 0 spiro atoms. The van der Waals surface area contributed by atoms with Gasteiger partial charge in [0.25, 0.3) is 0 Å². The van der Waals surface area contributed by atoms with Crippen molar-refractivity contribution in [1.82, 2.24) is 4.98 Å². The molecule has 1 aromatic heterocycles. The molecular formula is C19H21N3OS. The molecular weight excluding hydrogens is 318 g/mol. The maximum atomic E-state index is 12.7. The number of carbonyl (C=O) groups excluding carboxylic acids is 1. The van der Waals surface area contributed by atoms with E-state index in [0.29, 0.717) is 10.6 Å². The van der Waals surface area contributed by atoms with E-state index in [0.717, 1.165) is 22.5 Å². The van der Waals surface area contributed by atoms with Crippen molar-refractivity contribution in [2.45, 2.75) is 38.0 Å². The maximum Gasteiger partial charge on any atom is 0.239 e. The molecule has 0 saturated carbocycles. The molecule has 0 fully saturated rings. The highest BCUT2D eigenvalue weighted by Gasteiger charge is 2.23. The van der Waals surface area contributed by atoms with Crippen molar-refractivity contribution in [3.63, 3.8) is 0 Å². The predicted molar refractivity (Wildman–Crippen MR) is 98.3 cm³/mol. The van der Waals surface area contributed by atoms with E-state index in [4.69, 9.17) is 0 Å². The Morgan fingerprint density at radius 1 is 1.21 bits per heavy atom. The minimum absolute atomic E-state index is 0.0206. The van der Waals surface area contributed by atoms with Gasteiger partial charge < -0.3 is 4.90 Å². The number of nitriles is 1. The fourth-order valence-electron chi connectivity index (χ4n) is 2.40. The molecule has 2 aromatic rings. The van der Waals surface area contributed by atoms with Gasteiger partial charge in [-0.05, 0) is 51.0 Å². The summed E-state index contributed by atoms with van der Waals surface area (Å²) in [6, 6.07) is 11.7. The zero-order chi connectivity index (χ0) is 17.9. The molecule has 4 nitrogen and oxygen atoms in total. The number of carbonyl (C=O) groups is 1. The van der Waals surface area contributed by atoms with Crippen LogP contribution >= 0.6 is 11.8 Å². The predicted octanol–water partition coefficient (Wildman–Crippen LogP) is 4.02. The SMILES string of the molecule is Cc1nc(SC(C)C(=O)N(C)c2ccccc2)c(C#N)c(C)c1C. The highest BCUT2D eigenvalue weighted by atomic mass is 32.2. The van der Waals surface area contributed by atoms with E-state index in [-0.39, 0.29) is 11.2 Å². The summed E-state index contributed by atoms with van der Waals surface area (Å²) < 4.78 is 0. The number of aromatic nitrogens is 1. The second-order valence-corrected chi connectivity index (χ2v) is 7.06. The monoisotopic (exact) mass is 339 g/mol. The third-order valence-electron chi connectivity index (χ3n) is 4.19. The van der Waals surface area contributed by atoms with Crippen LogP contribution in [0.1, 0.15) is 29.3 Å². The maximum absolute atomic E-state index is 12.7. The fraction of sp³-hybridized carbons (Fsp3) is 0.316. The summed E-state index contributed by atoms with van der Waals surface area (Å²) in [4.78, 5) is 18.8. The van der Waals surface area contributed by atoms with Gasteiger partial charge in [0.2, 0.25) is 5.91 Å². The van der Waals surface area contributed by atoms with Gasteiger partial charge in [-0.2, -0.15) is 5.26 Å². The van der Waals surface area contributed by atoms with E-state index in [9.17, 15) is 10.1 Å². The summed E-state index contributed by atoms with van der Waals surface area (Å²) in [6.07, 6.45) is 0. The standard InChI is InChI=1S/C19H21N3OS/c1-12-13(2)17(11-20)18(21-14(12)3)24-15(4)19(23)22(5)16-9-7-6-8-10-16/h6-10,15H,1-5H3. The van der Waals surface area contributed by atoms with Crippen molar-refractivity contribution in [3.8, 4) is 6.07 Å². The highest BCUT2D eigenvalue weighted by molar-refractivity contribution is 8.00. The number of anilines is 1. The first-order valence-electron chi connectivity index (χ1n) is 7.74. The molecule has 5 heteroatoms. The highest BCUT2D eigenvalue weighted by Crippen LogP contribution is 2.30. The molecule has 0 aliphatic carbocycles. The van der Waals surface area contributed by atoms with E-state index in [2.05, 4.69) is 11.1 Å². The zero-order valence-corrected chi connectivity index (χ0v) is 15.4. The van der Waals surface area contributed by atoms with E-state index in [1.807, 2.05) is 58.0 Å². The van der Waals surface area contributed by atoms with Crippen molar-refractivity contribution in [1.29, 1.82) is 5.26 Å². The number of rotatable bonds is 4. The summed E-state index contributed by atoms with van der Waals surface area (Å²) in [7, 11) is 1.76.